The van der Waals surface area contributed by atoms with Gasteiger partial charge in [-0.05, 0) is 37.3 Å². The minimum Gasteiger partial charge on any atom is -0.357 e. The fourth-order valence-corrected chi connectivity index (χ4v) is 2.97. The second-order valence-corrected chi connectivity index (χ2v) is 5.54. The van der Waals surface area contributed by atoms with Crippen LogP contribution in [0.4, 0.5) is 5.69 Å². The van der Waals surface area contributed by atoms with Crippen molar-refractivity contribution in [3.63, 3.8) is 0 Å². The molecule has 0 radical (unpaired) electrons. The van der Waals surface area contributed by atoms with Crippen molar-refractivity contribution in [1.29, 1.82) is 0 Å². The van der Waals surface area contributed by atoms with Crippen molar-refractivity contribution in [2.75, 3.05) is 18.4 Å². The first kappa shape index (κ1) is 11.3. The second kappa shape index (κ2) is 4.21. The quantitative estimate of drug-likeness (QED) is 0.675. The number of nitrogens with zero attached hydrogens (tertiary/aromatic N) is 1. The van der Waals surface area contributed by atoms with Crippen LogP contribution in [0, 0.1) is 6.92 Å². The summed E-state index contributed by atoms with van der Waals surface area (Å²) in [5, 5.41) is 10.4. The van der Waals surface area contributed by atoms with E-state index in [2.05, 4.69) is 38.9 Å². The third-order valence-electron chi connectivity index (χ3n) is 4.04. The van der Waals surface area contributed by atoms with Crippen molar-refractivity contribution < 1.29 is 0 Å². The lowest BCUT2D eigenvalue weighted by Crippen LogP contribution is -2.39. The van der Waals surface area contributed by atoms with Gasteiger partial charge >= 0.3 is 0 Å². The van der Waals surface area contributed by atoms with Gasteiger partial charge in [-0.2, -0.15) is 0 Å². The Labute approximate surface area is 112 Å². The Hall–Kier alpha value is -1.59. The number of hydrogen-bond acceptors (Lipinski definition) is 4. The number of anilines is 1. The number of imidazole rings is 1. The summed E-state index contributed by atoms with van der Waals surface area (Å²) >= 11 is 0. The van der Waals surface area contributed by atoms with Gasteiger partial charge in [0.25, 0.3) is 0 Å². The molecule has 0 bridgehead atoms. The van der Waals surface area contributed by atoms with Gasteiger partial charge < -0.3 is 10.3 Å². The number of benzene rings is 1. The van der Waals surface area contributed by atoms with Crippen LogP contribution in [0.25, 0.3) is 11.0 Å². The Balaban J connectivity index is 1.80. The van der Waals surface area contributed by atoms with Gasteiger partial charge in [0.15, 0.2) is 0 Å². The van der Waals surface area contributed by atoms with E-state index in [1.165, 1.54) is 35.2 Å². The summed E-state index contributed by atoms with van der Waals surface area (Å²) in [5.74, 6) is 0.687. The van der Waals surface area contributed by atoms with Gasteiger partial charge in [0.2, 0.25) is 0 Å². The van der Waals surface area contributed by atoms with Crippen LogP contribution in [-0.2, 0) is 0 Å². The largest absolute Gasteiger partial charge is 0.357 e. The molecule has 0 atom stereocenters. The number of aromatic amines is 1. The van der Waals surface area contributed by atoms with Gasteiger partial charge in [0.05, 0.1) is 17.4 Å². The van der Waals surface area contributed by atoms with E-state index < -0.39 is 0 Å². The molecular formula is C14H19N5. The van der Waals surface area contributed by atoms with E-state index in [-0.39, 0.29) is 6.29 Å². The zero-order chi connectivity index (χ0) is 12.8. The monoisotopic (exact) mass is 257 g/mol. The minimum absolute atomic E-state index is 0.178. The molecule has 1 aromatic heterocycles. The SMILES string of the molecule is Cc1cc(NC2NCCN2)c(C2CC2)c2[nH]cnc12. The molecule has 19 heavy (non-hydrogen) atoms. The lowest BCUT2D eigenvalue weighted by molar-refractivity contribution is 0.620. The van der Waals surface area contributed by atoms with Crippen LogP contribution >= 0.6 is 0 Å². The molecule has 4 rings (SSSR count). The molecule has 2 aliphatic rings. The Morgan fingerprint density at radius 2 is 2.05 bits per heavy atom. The maximum Gasteiger partial charge on any atom is 0.132 e. The van der Waals surface area contributed by atoms with Crippen molar-refractivity contribution in [3.8, 4) is 0 Å². The molecule has 4 N–H and O–H groups in total. The van der Waals surface area contributed by atoms with Crippen molar-refractivity contribution in [1.82, 2.24) is 20.6 Å². The molecule has 2 heterocycles. The zero-order valence-corrected chi connectivity index (χ0v) is 11.1. The topological polar surface area (TPSA) is 64.8 Å². The Bertz CT molecular complexity index is 608. The molecule has 1 aliphatic carbocycles. The highest BCUT2D eigenvalue weighted by molar-refractivity contribution is 5.88. The van der Waals surface area contributed by atoms with Crippen LogP contribution in [0.1, 0.15) is 29.9 Å². The van der Waals surface area contributed by atoms with Crippen molar-refractivity contribution in [2.45, 2.75) is 32.0 Å². The molecule has 2 fully saturated rings. The lowest BCUT2D eigenvalue weighted by Gasteiger charge is -2.19. The highest BCUT2D eigenvalue weighted by atomic mass is 15.3. The molecule has 5 heteroatoms. The molecule has 100 valence electrons. The summed E-state index contributed by atoms with van der Waals surface area (Å²) in [4.78, 5) is 7.77. The van der Waals surface area contributed by atoms with Crippen LogP contribution in [0.15, 0.2) is 12.4 Å². The zero-order valence-electron chi connectivity index (χ0n) is 11.1. The van der Waals surface area contributed by atoms with Gasteiger partial charge in [-0.15, -0.1) is 0 Å². The van der Waals surface area contributed by atoms with Crippen LogP contribution in [0.2, 0.25) is 0 Å². The van der Waals surface area contributed by atoms with Gasteiger partial charge in [-0.3, -0.25) is 10.6 Å². The number of hydrogen-bond donors (Lipinski definition) is 4. The molecule has 5 nitrogen and oxygen atoms in total. The molecule has 1 saturated heterocycles. The summed E-state index contributed by atoms with van der Waals surface area (Å²) in [6.45, 7) is 4.16. The first-order chi connectivity index (χ1) is 9.33. The third-order valence-corrected chi connectivity index (χ3v) is 4.04. The summed E-state index contributed by atoms with van der Waals surface area (Å²) < 4.78 is 0. The first-order valence-electron chi connectivity index (χ1n) is 7.03. The molecule has 1 aliphatic heterocycles. The molecule has 1 aromatic carbocycles. The highest BCUT2D eigenvalue weighted by Gasteiger charge is 2.30. The van der Waals surface area contributed by atoms with Crippen molar-refractivity contribution >= 4 is 16.7 Å². The van der Waals surface area contributed by atoms with Gasteiger partial charge in [-0.1, -0.05) is 0 Å². The smallest absolute Gasteiger partial charge is 0.132 e. The third kappa shape index (κ3) is 1.89. The van der Waals surface area contributed by atoms with E-state index in [4.69, 9.17) is 0 Å². The summed E-state index contributed by atoms with van der Waals surface area (Å²) in [5.41, 5.74) is 6.20. The molecule has 0 unspecified atom stereocenters. The Morgan fingerprint density at radius 1 is 1.26 bits per heavy atom. The number of H-pyrrole nitrogens is 1. The maximum atomic E-state index is 4.45. The molecular weight excluding hydrogens is 238 g/mol. The number of aryl methyl sites for hydroxylation is 1. The maximum absolute atomic E-state index is 4.45. The summed E-state index contributed by atoms with van der Waals surface area (Å²) in [6.07, 6.45) is 4.56. The van der Waals surface area contributed by atoms with Crippen LogP contribution in [-0.4, -0.2) is 29.3 Å². The number of nitrogens with one attached hydrogen (secondary N) is 4. The predicted octanol–water partition coefficient (Wildman–Crippen LogP) is 1.64. The summed E-state index contributed by atoms with van der Waals surface area (Å²) in [7, 11) is 0. The number of fused-ring (bicyclic) bond motifs is 1. The van der Waals surface area contributed by atoms with Crippen LogP contribution in [0.5, 0.6) is 0 Å². The van der Waals surface area contributed by atoms with E-state index in [1.54, 1.807) is 6.33 Å². The lowest BCUT2D eigenvalue weighted by atomic mass is 10.0. The Morgan fingerprint density at radius 3 is 2.79 bits per heavy atom. The van der Waals surface area contributed by atoms with E-state index in [1.807, 2.05) is 0 Å². The fraction of sp³-hybridized carbons (Fsp3) is 0.500. The molecule has 1 saturated carbocycles. The van der Waals surface area contributed by atoms with E-state index in [9.17, 15) is 0 Å². The predicted molar refractivity (Wildman–Crippen MR) is 76.2 cm³/mol. The van der Waals surface area contributed by atoms with Gasteiger partial charge in [-0.25, -0.2) is 4.98 Å². The van der Waals surface area contributed by atoms with E-state index >= 15 is 0 Å². The van der Waals surface area contributed by atoms with Gasteiger partial charge in [0, 0.05) is 24.3 Å². The van der Waals surface area contributed by atoms with Crippen LogP contribution in [0.3, 0.4) is 0 Å². The van der Waals surface area contributed by atoms with Crippen molar-refractivity contribution in [2.24, 2.45) is 0 Å². The average Bonchev–Trinajstić information content (AvgIpc) is 2.90. The second-order valence-electron chi connectivity index (χ2n) is 5.54. The number of aromatic nitrogens is 2. The van der Waals surface area contributed by atoms with E-state index in [0.29, 0.717) is 5.92 Å². The van der Waals surface area contributed by atoms with Gasteiger partial charge in [0.1, 0.15) is 6.29 Å². The molecule has 0 amide bonds. The fourth-order valence-electron chi connectivity index (χ4n) is 2.97. The van der Waals surface area contributed by atoms with E-state index in [0.717, 1.165) is 18.6 Å². The number of rotatable bonds is 3. The van der Waals surface area contributed by atoms with Crippen molar-refractivity contribution in [3.05, 3.63) is 23.5 Å². The standard InChI is InChI=1S/C14H19N5/c1-8-6-10(19-14-15-4-5-16-14)11(9-2-3-9)13-12(8)17-7-18-13/h6-7,9,14-16,19H,2-5H2,1H3,(H,17,18). The normalized spacial score (nSPS) is 20.3. The molecule has 0 spiro atoms. The Kier molecular flexibility index (Phi) is 2.50. The first-order valence-corrected chi connectivity index (χ1v) is 7.03. The molecule has 2 aromatic rings. The highest BCUT2D eigenvalue weighted by Crippen LogP contribution is 2.46. The summed E-state index contributed by atoms with van der Waals surface area (Å²) in [6, 6.07) is 2.23. The average molecular weight is 257 g/mol. The minimum atomic E-state index is 0.178. The van der Waals surface area contributed by atoms with Crippen LogP contribution < -0.4 is 16.0 Å².